The fourth-order valence-electron chi connectivity index (χ4n) is 0.809. The lowest BCUT2D eigenvalue weighted by atomic mass is 10.4. The summed E-state index contributed by atoms with van der Waals surface area (Å²) >= 11 is 2.17. The average molecular weight is 276 g/mol. The van der Waals surface area contributed by atoms with Crippen molar-refractivity contribution in [2.45, 2.75) is 4.43 Å². The first-order valence-electron chi connectivity index (χ1n) is 3.32. The van der Waals surface area contributed by atoms with Gasteiger partial charge in [0.15, 0.2) is 11.6 Å². The summed E-state index contributed by atoms with van der Waals surface area (Å²) in [5, 5.41) is 3.74. The van der Waals surface area contributed by atoms with Gasteiger partial charge in [-0.2, -0.15) is 4.98 Å². The van der Waals surface area contributed by atoms with Crippen LogP contribution < -0.4 is 0 Å². The molecule has 2 heterocycles. The van der Waals surface area contributed by atoms with Crippen molar-refractivity contribution in [3.05, 3.63) is 24.2 Å². The zero-order chi connectivity index (χ0) is 8.39. The molecule has 0 aliphatic carbocycles. The lowest BCUT2D eigenvalue weighted by Gasteiger charge is -1.81. The maximum Gasteiger partial charge on any atom is 0.293 e. The summed E-state index contributed by atoms with van der Waals surface area (Å²) in [6, 6.07) is 3.56. The predicted octanol–water partition coefficient (Wildman–Crippen LogP) is 2.26. The third-order valence-corrected chi connectivity index (χ3v) is 2.00. The van der Waals surface area contributed by atoms with Gasteiger partial charge in [0.2, 0.25) is 0 Å². The van der Waals surface area contributed by atoms with E-state index in [1.165, 1.54) is 0 Å². The summed E-state index contributed by atoms with van der Waals surface area (Å²) in [6.07, 6.45) is 1.57. The van der Waals surface area contributed by atoms with E-state index >= 15 is 0 Å². The minimum atomic E-state index is 0.437. The molecule has 2 aromatic heterocycles. The van der Waals surface area contributed by atoms with Gasteiger partial charge in [-0.3, -0.25) is 0 Å². The Bertz CT molecular complexity index is 355. The number of rotatable bonds is 2. The molecule has 0 fully saturated rings. The lowest BCUT2D eigenvalue weighted by molar-refractivity contribution is 0.411. The molecular weight excluding hydrogens is 271 g/mol. The highest BCUT2D eigenvalue weighted by molar-refractivity contribution is 14.1. The van der Waals surface area contributed by atoms with Crippen LogP contribution in [0.4, 0.5) is 0 Å². The summed E-state index contributed by atoms with van der Waals surface area (Å²) in [7, 11) is 0. The number of aromatic nitrogens is 2. The van der Waals surface area contributed by atoms with Gasteiger partial charge in [0, 0.05) is 0 Å². The van der Waals surface area contributed by atoms with Crippen molar-refractivity contribution in [1.82, 2.24) is 10.1 Å². The second-order valence-corrected chi connectivity index (χ2v) is 2.89. The highest BCUT2D eigenvalue weighted by Gasteiger charge is 2.09. The number of hydrogen-bond acceptors (Lipinski definition) is 4. The van der Waals surface area contributed by atoms with Gasteiger partial charge in [0.05, 0.1) is 10.7 Å². The topological polar surface area (TPSA) is 52.1 Å². The predicted molar refractivity (Wildman–Crippen MR) is 49.7 cm³/mol. The highest BCUT2D eigenvalue weighted by atomic mass is 127. The molecule has 0 bridgehead atoms. The molecule has 12 heavy (non-hydrogen) atoms. The lowest BCUT2D eigenvalue weighted by Crippen LogP contribution is -1.78. The molecule has 62 valence electrons. The minimum Gasteiger partial charge on any atom is -0.459 e. The van der Waals surface area contributed by atoms with Crippen LogP contribution in [0.1, 0.15) is 5.82 Å². The van der Waals surface area contributed by atoms with E-state index in [0.717, 1.165) is 4.43 Å². The second-order valence-electron chi connectivity index (χ2n) is 2.13. The molecule has 0 saturated carbocycles. The first-order valence-corrected chi connectivity index (χ1v) is 4.85. The Hall–Kier alpha value is -0.850. The molecule has 0 N–H and O–H groups in total. The van der Waals surface area contributed by atoms with Crippen LogP contribution in [0, 0.1) is 0 Å². The van der Waals surface area contributed by atoms with Gasteiger partial charge in [-0.1, -0.05) is 27.7 Å². The molecule has 0 aliphatic rings. The van der Waals surface area contributed by atoms with E-state index in [-0.39, 0.29) is 0 Å². The largest absolute Gasteiger partial charge is 0.459 e. The van der Waals surface area contributed by atoms with Crippen molar-refractivity contribution in [2.24, 2.45) is 0 Å². The molecule has 0 aromatic carbocycles. The fourth-order valence-corrected chi connectivity index (χ4v) is 1.12. The molecule has 0 atom stereocenters. The average Bonchev–Trinajstić information content (AvgIpc) is 2.75. The maximum absolute atomic E-state index is 5.08. The Labute approximate surface area is 82.1 Å². The van der Waals surface area contributed by atoms with Gasteiger partial charge in [-0.25, -0.2) is 0 Å². The molecule has 4 nitrogen and oxygen atoms in total. The normalized spacial score (nSPS) is 10.4. The monoisotopic (exact) mass is 276 g/mol. The molecule has 0 saturated heterocycles. The third-order valence-electron chi connectivity index (χ3n) is 1.32. The summed E-state index contributed by atoms with van der Waals surface area (Å²) in [5.41, 5.74) is 0. The van der Waals surface area contributed by atoms with Crippen molar-refractivity contribution < 1.29 is 8.94 Å². The van der Waals surface area contributed by atoms with Gasteiger partial charge in [-0.05, 0) is 12.1 Å². The van der Waals surface area contributed by atoms with E-state index in [9.17, 15) is 0 Å². The first-order chi connectivity index (χ1) is 5.90. The van der Waals surface area contributed by atoms with E-state index in [1.54, 1.807) is 18.4 Å². The molecule has 0 amide bonds. The van der Waals surface area contributed by atoms with Crippen LogP contribution in [0.15, 0.2) is 27.3 Å². The highest BCUT2D eigenvalue weighted by Crippen LogP contribution is 2.17. The number of halogens is 1. The summed E-state index contributed by atoms with van der Waals surface area (Å²) in [5.74, 6) is 1.73. The van der Waals surface area contributed by atoms with Crippen molar-refractivity contribution in [3.63, 3.8) is 0 Å². The minimum absolute atomic E-state index is 0.437. The third kappa shape index (κ3) is 1.36. The van der Waals surface area contributed by atoms with Gasteiger partial charge in [0.25, 0.3) is 5.89 Å². The van der Waals surface area contributed by atoms with Crippen LogP contribution in [0.25, 0.3) is 11.7 Å². The molecule has 2 rings (SSSR count). The number of alkyl halides is 1. The van der Waals surface area contributed by atoms with Crippen LogP contribution in [-0.2, 0) is 4.43 Å². The summed E-state index contributed by atoms with van der Waals surface area (Å²) < 4.78 is 10.8. The van der Waals surface area contributed by atoms with Crippen molar-refractivity contribution in [1.29, 1.82) is 0 Å². The van der Waals surface area contributed by atoms with Crippen LogP contribution in [-0.4, -0.2) is 10.1 Å². The van der Waals surface area contributed by atoms with Crippen molar-refractivity contribution in [3.8, 4) is 11.7 Å². The van der Waals surface area contributed by atoms with Gasteiger partial charge in [0.1, 0.15) is 0 Å². The molecular formula is C7H5IN2O2. The van der Waals surface area contributed by atoms with Gasteiger partial charge >= 0.3 is 0 Å². The van der Waals surface area contributed by atoms with E-state index in [1.807, 2.05) is 0 Å². The van der Waals surface area contributed by atoms with E-state index in [2.05, 4.69) is 32.7 Å². The standard InChI is InChI=1S/C7H5IN2O2/c8-4-6-9-7(12-10-6)5-2-1-3-11-5/h1-3H,4H2. The van der Waals surface area contributed by atoms with Crippen LogP contribution in [0.2, 0.25) is 0 Å². The molecule has 5 heteroatoms. The Morgan fingerprint density at radius 2 is 2.42 bits per heavy atom. The second kappa shape index (κ2) is 3.26. The van der Waals surface area contributed by atoms with Crippen molar-refractivity contribution >= 4 is 22.6 Å². The Balaban J connectivity index is 2.35. The number of nitrogens with zero attached hydrogens (tertiary/aromatic N) is 2. The molecule has 0 spiro atoms. The molecule has 0 unspecified atom stereocenters. The fraction of sp³-hybridized carbons (Fsp3) is 0.143. The van der Waals surface area contributed by atoms with Gasteiger partial charge < -0.3 is 8.94 Å². The molecule has 2 aromatic rings. The smallest absolute Gasteiger partial charge is 0.293 e. The number of hydrogen-bond donors (Lipinski definition) is 0. The quantitative estimate of drug-likeness (QED) is 0.623. The van der Waals surface area contributed by atoms with Crippen LogP contribution in [0.3, 0.4) is 0 Å². The molecule has 0 radical (unpaired) electrons. The van der Waals surface area contributed by atoms with Crippen molar-refractivity contribution in [2.75, 3.05) is 0 Å². The summed E-state index contributed by atoms with van der Waals surface area (Å²) in [6.45, 7) is 0. The van der Waals surface area contributed by atoms with E-state index in [0.29, 0.717) is 17.5 Å². The van der Waals surface area contributed by atoms with Gasteiger partial charge in [-0.15, -0.1) is 0 Å². The SMILES string of the molecule is ICc1noc(-c2ccco2)n1. The Morgan fingerprint density at radius 1 is 1.50 bits per heavy atom. The Kier molecular flexibility index (Phi) is 2.11. The summed E-state index contributed by atoms with van der Waals surface area (Å²) in [4.78, 5) is 4.09. The maximum atomic E-state index is 5.08. The zero-order valence-corrected chi connectivity index (χ0v) is 8.19. The Morgan fingerprint density at radius 3 is 3.00 bits per heavy atom. The zero-order valence-electron chi connectivity index (χ0n) is 6.03. The van der Waals surface area contributed by atoms with Crippen LogP contribution >= 0.6 is 22.6 Å². The van der Waals surface area contributed by atoms with Crippen LogP contribution in [0.5, 0.6) is 0 Å². The first kappa shape index (κ1) is 7.78. The molecule has 0 aliphatic heterocycles. The van der Waals surface area contributed by atoms with E-state index < -0.39 is 0 Å². The van der Waals surface area contributed by atoms with E-state index in [4.69, 9.17) is 8.94 Å². The number of furan rings is 1.